The van der Waals surface area contributed by atoms with Crippen LogP contribution in [0.1, 0.15) is 5.56 Å². The summed E-state index contributed by atoms with van der Waals surface area (Å²) in [5.74, 6) is -1.23. The Morgan fingerprint density at radius 3 is 2.64 bits per heavy atom. The Morgan fingerprint density at radius 1 is 1.08 bits per heavy atom. The maximum absolute atomic E-state index is 13.5. The molecule has 2 amide bonds. The van der Waals surface area contributed by atoms with Gasteiger partial charge in [0.1, 0.15) is 11.6 Å². The molecule has 8 heteroatoms. The van der Waals surface area contributed by atoms with E-state index in [0.717, 1.165) is 24.1 Å². The monoisotopic (exact) mass is 343 g/mol. The van der Waals surface area contributed by atoms with Crippen molar-refractivity contribution < 1.29 is 13.6 Å². The van der Waals surface area contributed by atoms with E-state index in [2.05, 4.69) is 20.7 Å². The third-order valence-electron chi connectivity index (χ3n) is 3.44. The summed E-state index contributed by atoms with van der Waals surface area (Å²) in [6.07, 6.45) is 5.96. The van der Waals surface area contributed by atoms with Crippen molar-refractivity contribution in [1.29, 1.82) is 0 Å². The lowest BCUT2D eigenvalue weighted by atomic mass is 10.2. The lowest BCUT2D eigenvalue weighted by Crippen LogP contribution is -2.20. The number of carbonyl (C=O) groups excluding carboxylic acids is 1. The molecule has 0 unspecified atom stereocenters. The van der Waals surface area contributed by atoms with Gasteiger partial charge >= 0.3 is 6.03 Å². The fraction of sp³-hybridized carbons (Fsp3) is 0.118. The van der Waals surface area contributed by atoms with Crippen molar-refractivity contribution in [1.82, 2.24) is 14.8 Å². The van der Waals surface area contributed by atoms with Crippen LogP contribution in [0, 0.1) is 11.6 Å². The molecule has 0 bridgehead atoms. The molecule has 0 fully saturated rings. The van der Waals surface area contributed by atoms with Crippen molar-refractivity contribution in [3.8, 4) is 0 Å². The summed E-state index contributed by atoms with van der Waals surface area (Å²) in [4.78, 5) is 15.8. The Morgan fingerprint density at radius 2 is 1.88 bits per heavy atom. The topological polar surface area (TPSA) is 71.8 Å². The second-order valence-corrected chi connectivity index (χ2v) is 5.27. The first-order chi connectivity index (χ1) is 12.1. The molecule has 0 saturated heterocycles. The van der Waals surface area contributed by atoms with Crippen LogP contribution in [0.25, 0.3) is 0 Å². The number of nitrogens with zero attached hydrogens (tertiary/aromatic N) is 3. The number of carbonyl (C=O) groups is 1. The Bertz CT molecular complexity index is 866. The van der Waals surface area contributed by atoms with Crippen LogP contribution in [0.2, 0.25) is 0 Å². The lowest BCUT2D eigenvalue weighted by Gasteiger charge is -2.06. The van der Waals surface area contributed by atoms with Gasteiger partial charge in [0.25, 0.3) is 0 Å². The number of hydrogen-bond donors (Lipinski definition) is 2. The molecule has 2 heterocycles. The second-order valence-electron chi connectivity index (χ2n) is 5.27. The molecule has 0 aliphatic carbocycles. The van der Waals surface area contributed by atoms with Crippen LogP contribution in [-0.2, 0) is 13.0 Å². The Labute approximate surface area is 142 Å². The van der Waals surface area contributed by atoms with E-state index in [1.54, 1.807) is 29.3 Å². The molecule has 1 aromatic carbocycles. The van der Waals surface area contributed by atoms with Crippen LogP contribution in [0.5, 0.6) is 0 Å². The summed E-state index contributed by atoms with van der Waals surface area (Å²) in [7, 11) is 0. The van der Waals surface area contributed by atoms with Crippen LogP contribution in [-0.4, -0.2) is 20.8 Å². The molecule has 25 heavy (non-hydrogen) atoms. The van der Waals surface area contributed by atoms with Gasteiger partial charge in [0.2, 0.25) is 0 Å². The summed E-state index contributed by atoms with van der Waals surface area (Å²) in [6, 6.07) is 7.73. The van der Waals surface area contributed by atoms with Crippen molar-refractivity contribution >= 4 is 17.5 Å². The maximum Gasteiger partial charge on any atom is 0.324 e. The van der Waals surface area contributed by atoms with E-state index in [4.69, 9.17) is 0 Å². The molecule has 2 aromatic heterocycles. The number of aromatic nitrogens is 3. The third kappa shape index (κ3) is 4.60. The molecular weight excluding hydrogens is 328 g/mol. The Hall–Kier alpha value is -3.29. The molecule has 0 atom stereocenters. The fourth-order valence-corrected chi connectivity index (χ4v) is 2.21. The minimum absolute atomic E-state index is 0.115. The molecule has 3 aromatic rings. The highest BCUT2D eigenvalue weighted by atomic mass is 19.1. The molecule has 0 radical (unpaired) electrons. The normalized spacial score (nSPS) is 10.5. The zero-order valence-electron chi connectivity index (χ0n) is 13.1. The molecule has 0 spiro atoms. The summed E-state index contributed by atoms with van der Waals surface area (Å²) in [5.41, 5.74) is 1.01. The second kappa shape index (κ2) is 7.52. The van der Waals surface area contributed by atoms with E-state index in [1.165, 1.54) is 0 Å². The predicted molar refractivity (Wildman–Crippen MR) is 89.2 cm³/mol. The highest BCUT2D eigenvalue weighted by molar-refractivity contribution is 5.99. The van der Waals surface area contributed by atoms with E-state index in [1.807, 2.05) is 12.1 Å². The number of urea groups is 1. The van der Waals surface area contributed by atoms with Gasteiger partial charge in [0, 0.05) is 37.3 Å². The zero-order valence-corrected chi connectivity index (χ0v) is 13.1. The number of nitrogens with one attached hydrogen (secondary N) is 2. The van der Waals surface area contributed by atoms with Gasteiger partial charge in [-0.2, -0.15) is 5.10 Å². The lowest BCUT2D eigenvalue weighted by molar-refractivity contribution is 0.262. The number of halogens is 2. The van der Waals surface area contributed by atoms with Crippen LogP contribution >= 0.6 is 0 Å². The summed E-state index contributed by atoms with van der Waals surface area (Å²) in [6.45, 7) is 0.639. The Kier molecular flexibility index (Phi) is 4.98. The van der Waals surface area contributed by atoms with Gasteiger partial charge in [-0.3, -0.25) is 15.0 Å². The van der Waals surface area contributed by atoms with Crippen molar-refractivity contribution in [2.45, 2.75) is 13.0 Å². The number of benzene rings is 1. The fourth-order valence-electron chi connectivity index (χ4n) is 2.21. The number of hydrogen-bond acceptors (Lipinski definition) is 3. The first-order valence-corrected chi connectivity index (χ1v) is 7.55. The quantitative estimate of drug-likeness (QED) is 0.745. The summed E-state index contributed by atoms with van der Waals surface area (Å²) >= 11 is 0. The van der Waals surface area contributed by atoms with Crippen molar-refractivity contribution in [2.24, 2.45) is 0 Å². The van der Waals surface area contributed by atoms with Gasteiger partial charge in [-0.25, -0.2) is 13.6 Å². The summed E-state index contributed by atoms with van der Waals surface area (Å²) in [5, 5.41) is 9.02. The minimum Gasteiger partial charge on any atom is -0.305 e. The molecule has 128 valence electrons. The first-order valence-electron chi connectivity index (χ1n) is 7.55. The van der Waals surface area contributed by atoms with E-state index >= 15 is 0 Å². The van der Waals surface area contributed by atoms with Gasteiger partial charge in [-0.15, -0.1) is 0 Å². The minimum atomic E-state index is -0.849. The molecule has 0 aliphatic heterocycles. The zero-order chi connectivity index (χ0) is 17.6. The first kappa shape index (κ1) is 16.6. The molecule has 6 nitrogen and oxygen atoms in total. The van der Waals surface area contributed by atoms with E-state index in [0.29, 0.717) is 18.4 Å². The molecule has 3 rings (SSSR count). The summed E-state index contributed by atoms with van der Waals surface area (Å²) < 4.78 is 28.0. The van der Waals surface area contributed by atoms with Gasteiger partial charge in [0.15, 0.2) is 5.82 Å². The average Bonchev–Trinajstić information content (AvgIpc) is 3.04. The van der Waals surface area contributed by atoms with E-state index in [-0.39, 0.29) is 5.69 Å². The van der Waals surface area contributed by atoms with Crippen molar-refractivity contribution in [3.63, 3.8) is 0 Å². The molecule has 0 saturated carbocycles. The number of aryl methyl sites for hydroxylation is 2. The molecular formula is C17H15F2N5O. The van der Waals surface area contributed by atoms with Crippen LogP contribution in [0.15, 0.2) is 55.0 Å². The highest BCUT2D eigenvalue weighted by Gasteiger charge is 2.09. The van der Waals surface area contributed by atoms with Gasteiger partial charge in [-0.05, 0) is 36.2 Å². The van der Waals surface area contributed by atoms with Gasteiger partial charge in [0.05, 0.1) is 5.69 Å². The molecule has 0 aliphatic rings. The van der Waals surface area contributed by atoms with Crippen LogP contribution in [0.3, 0.4) is 0 Å². The maximum atomic E-state index is 13.5. The number of rotatable bonds is 5. The predicted octanol–water partition coefficient (Wildman–Crippen LogP) is 3.44. The van der Waals surface area contributed by atoms with Crippen LogP contribution < -0.4 is 10.6 Å². The van der Waals surface area contributed by atoms with Crippen LogP contribution in [0.4, 0.5) is 25.1 Å². The number of pyridine rings is 1. The number of amides is 2. The van der Waals surface area contributed by atoms with Gasteiger partial charge in [-0.1, -0.05) is 0 Å². The van der Waals surface area contributed by atoms with E-state index in [9.17, 15) is 13.6 Å². The SMILES string of the molecule is O=C(Nc1ccn(CCc2ccncc2)n1)Nc1ccc(F)cc1F. The largest absolute Gasteiger partial charge is 0.324 e. The average molecular weight is 343 g/mol. The third-order valence-corrected chi connectivity index (χ3v) is 3.44. The Balaban J connectivity index is 1.54. The van der Waals surface area contributed by atoms with Gasteiger partial charge < -0.3 is 5.32 Å². The smallest absolute Gasteiger partial charge is 0.305 e. The van der Waals surface area contributed by atoms with Crippen molar-refractivity contribution in [3.05, 3.63) is 72.2 Å². The number of anilines is 2. The van der Waals surface area contributed by atoms with Crippen molar-refractivity contribution in [2.75, 3.05) is 10.6 Å². The standard InChI is InChI=1S/C17H15F2N5O/c18-13-1-2-15(14(19)11-13)21-17(25)22-16-6-10-24(23-16)9-5-12-3-7-20-8-4-12/h1-4,6-8,10-11H,5,9H2,(H2,21,22,23,25). The highest BCUT2D eigenvalue weighted by Crippen LogP contribution is 2.15. The molecule has 2 N–H and O–H groups in total. The van der Waals surface area contributed by atoms with E-state index < -0.39 is 17.7 Å².